The van der Waals surface area contributed by atoms with Crippen LogP contribution in [0.3, 0.4) is 0 Å². The molecule has 1 aliphatic rings. The SMILES string of the molecule is O=C(Nc1ccc(F)cc1F)C1CCCN(C(=O)C(F)(F)F)C1. The molecule has 1 aromatic rings. The van der Waals surface area contributed by atoms with Gasteiger partial charge < -0.3 is 10.2 Å². The highest BCUT2D eigenvalue weighted by Crippen LogP contribution is 2.25. The highest BCUT2D eigenvalue weighted by atomic mass is 19.4. The molecule has 0 aromatic heterocycles. The van der Waals surface area contributed by atoms with Crippen molar-refractivity contribution in [2.45, 2.75) is 19.0 Å². The molecule has 9 heteroatoms. The fraction of sp³-hybridized carbons (Fsp3) is 0.429. The van der Waals surface area contributed by atoms with Crippen LogP contribution in [0.25, 0.3) is 0 Å². The molecule has 2 amide bonds. The molecular formula is C14H13F5N2O2. The van der Waals surface area contributed by atoms with Crippen molar-refractivity contribution in [1.82, 2.24) is 4.90 Å². The van der Waals surface area contributed by atoms with Crippen molar-refractivity contribution in [3.05, 3.63) is 29.8 Å². The van der Waals surface area contributed by atoms with Gasteiger partial charge in [0.05, 0.1) is 11.6 Å². The summed E-state index contributed by atoms with van der Waals surface area (Å²) in [6, 6.07) is 2.54. The van der Waals surface area contributed by atoms with Gasteiger partial charge in [-0.1, -0.05) is 0 Å². The first kappa shape index (κ1) is 17.2. The third kappa shape index (κ3) is 4.17. The van der Waals surface area contributed by atoms with Crippen molar-refractivity contribution in [3.63, 3.8) is 0 Å². The summed E-state index contributed by atoms with van der Waals surface area (Å²) >= 11 is 0. The third-order valence-electron chi connectivity index (χ3n) is 3.51. The van der Waals surface area contributed by atoms with Crippen LogP contribution in [0, 0.1) is 17.6 Å². The molecule has 0 radical (unpaired) electrons. The number of amides is 2. The fourth-order valence-electron chi connectivity index (χ4n) is 2.38. The number of anilines is 1. The van der Waals surface area contributed by atoms with E-state index in [-0.39, 0.29) is 25.1 Å². The summed E-state index contributed by atoms with van der Waals surface area (Å²) in [5, 5.41) is 2.21. The summed E-state index contributed by atoms with van der Waals surface area (Å²) in [5.41, 5.74) is -0.268. The van der Waals surface area contributed by atoms with Gasteiger partial charge in [0.1, 0.15) is 11.6 Å². The molecule has 1 N–H and O–H groups in total. The van der Waals surface area contributed by atoms with Gasteiger partial charge in [-0.25, -0.2) is 8.78 Å². The number of hydrogen-bond acceptors (Lipinski definition) is 2. The second kappa shape index (κ2) is 6.51. The number of carbonyl (C=O) groups excluding carboxylic acids is 2. The smallest absolute Gasteiger partial charge is 0.334 e. The Morgan fingerprint density at radius 1 is 1.22 bits per heavy atom. The van der Waals surface area contributed by atoms with Crippen LogP contribution < -0.4 is 5.32 Å². The molecule has 0 spiro atoms. The first-order chi connectivity index (χ1) is 10.7. The zero-order valence-electron chi connectivity index (χ0n) is 11.8. The second-order valence-electron chi connectivity index (χ2n) is 5.20. The molecular weight excluding hydrogens is 323 g/mol. The molecule has 2 rings (SSSR count). The van der Waals surface area contributed by atoms with E-state index in [1.54, 1.807) is 0 Å². The van der Waals surface area contributed by atoms with E-state index in [2.05, 4.69) is 5.32 Å². The number of hydrogen-bond donors (Lipinski definition) is 1. The van der Waals surface area contributed by atoms with Crippen molar-refractivity contribution in [2.24, 2.45) is 5.92 Å². The lowest BCUT2D eigenvalue weighted by Crippen LogP contribution is -2.48. The molecule has 1 saturated heterocycles. The first-order valence-electron chi connectivity index (χ1n) is 6.80. The molecule has 126 valence electrons. The predicted molar refractivity (Wildman–Crippen MR) is 70.3 cm³/mol. The molecule has 0 aliphatic carbocycles. The van der Waals surface area contributed by atoms with Gasteiger partial charge in [-0.3, -0.25) is 9.59 Å². The molecule has 1 aliphatic heterocycles. The molecule has 1 atom stereocenters. The minimum atomic E-state index is -5.00. The normalized spacial score (nSPS) is 18.7. The number of benzene rings is 1. The van der Waals surface area contributed by atoms with Gasteiger partial charge >= 0.3 is 12.1 Å². The predicted octanol–water partition coefficient (Wildman–Crippen LogP) is 2.70. The number of alkyl halides is 3. The van der Waals surface area contributed by atoms with Crippen molar-refractivity contribution >= 4 is 17.5 Å². The standard InChI is InChI=1S/C14H13F5N2O2/c15-9-3-4-11(10(16)6-9)20-12(22)8-2-1-5-21(7-8)13(23)14(17,18)19/h3-4,6,8H,1-2,5,7H2,(H,20,22). The zero-order chi connectivity index (χ0) is 17.2. The van der Waals surface area contributed by atoms with Gasteiger partial charge in [0.25, 0.3) is 0 Å². The molecule has 0 saturated carbocycles. The van der Waals surface area contributed by atoms with Crippen LogP contribution in [-0.2, 0) is 9.59 Å². The van der Waals surface area contributed by atoms with E-state index in [4.69, 9.17) is 0 Å². The van der Waals surface area contributed by atoms with Gasteiger partial charge in [-0.05, 0) is 25.0 Å². The zero-order valence-corrected chi connectivity index (χ0v) is 11.8. The van der Waals surface area contributed by atoms with Crippen LogP contribution >= 0.6 is 0 Å². The molecule has 23 heavy (non-hydrogen) atoms. The van der Waals surface area contributed by atoms with E-state index in [1.165, 1.54) is 0 Å². The molecule has 4 nitrogen and oxygen atoms in total. The minimum absolute atomic E-state index is 0.0902. The molecule has 0 bridgehead atoms. The lowest BCUT2D eigenvalue weighted by atomic mass is 9.97. The Morgan fingerprint density at radius 3 is 2.52 bits per heavy atom. The van der Waals surface area contributed by atoms with Crippen LogP contribution in [0.1, 0.15) is 12.8 Å². The number of likely N-dealkylation sites (tertiary alicyclic amines) is 1. The van der Waals surface area contributed by atoms with Gasteiger partial charge in [0.15, 0.2) is 0 Å². The Balaban J connectivity index is 2.03. The van der Waals surface area contributed by atoms with E-state index in [0.717, 1.165) is 12.1 Å². The van der Waals surface area contributed by atoms with Crippen LogP contribution in [0.5, 0.6) is 0 Å². The highest BCUT2D eigenvalue weighted by Gasteiger charge is 2.44. The van der Waals surface area contributed by atoms with E-state index in [1.807, 2.05) is 0 Å². The van der Waals surface area contributed by atoms with Crippen molar-refractivity contribution in [2.75, 3.05) is 18.4 Å². The van der Waals surface area contributed by atoms with Crippen LogP contribution in [0.4, 0.5) is 27.6 Å². The number of nitrogens with zero attached hydrogens (tertiary/aromatic N) is 1. The quantitative estimate of drug-likeness (QED) is 0.844. The maximum atomic E-state index is 13.5. The van der Waals surface area contributed by atoms with E-state index >= 15 is 0 Å². The Bertz CT molecular complexity index is 618. The average Bonchev–Trinajstić information content (AvgIpc) is 2.48. The van der Waals surface area contributed by atoms with E-state index < -0.39 is 42.1 Å². The number of halogens is 5. The number of nitrogens with one attached hydrogen (secondary N) is 1. The Kier molecular flexibility index (Phi) is 4.86. The van der Waals surface area contributed by atoms with Crippen LogP contribution in [-0.4, -0.2) is 36.0 Å². The fourth-order valence-corrected chi connectivity index (χ4v) is 2.38. The van der Waals surface area contributed by atoms with Crippen LogP contribution in [0.15, 0.2) is 18.2 Å². The number of rotatable bonds is 2. The van der Waals surface area contributed by atoms with Crippen molar-refractivity contribution in [1.29, 1.82) is 0 Å². The lowest BCUT2D eigenvalue weighted by molar-refractivity contribution is -0.187. The summed E-state index contributed by atoms with van der Waals surface area (Å²) in [4.78, 5) is 23.8. The largest absolute Gasteiger partial charge is 0.471 e. The maximum absolute atomic E-state index is 13.5. The summed E-state index contributed by atoms with van der Waals surface area (Å²) in [6.45, 7) is -0.486. The first-order valence-corrected chi connectivity index (χ1v) is 6.80. The second-order valence-corrected chi connectivity index (χ2v) is 5.20. The third-order valence-corrected chi connectivity index (χ3v) is 3.51. The molecule has 1 aromatic carbocycles. The van der Waals surface area contributed by atoms with E-state index in [0.29, 0.717) is 11.0 Å². The Labute approximate surface area is 128 Å². The Hall–Kier alpha value is -2.19. The summed E-state index contributed by atoms with van der Waals surface area (Å²) in [6.07, 6.45) is -4.50. The summed E-state index contributed by atoms with van der Waals surface area (Å²) in [5.74, 6) is -5.41. The van der Waals surface area contributed by atoms with Crippen molar-refractivity contribution < 1.29 is 31.5 Å². The molecule has 1 fully saturated rings. The van der Waals surface area contributed by atoms with Gasteiger partial charge in [-0.2, -0.15) is 13.2 Å². The molecule has 1 unspecified atom stereocenters. The summed E-state index contributed by atoms with van der Waals surface area (Å²) in [7, 11) is 0. The van der Waals surface area contributed by atoms with Crippen LogP contribution in [0.2, 0.25) is 0 Å². The van der Waals surface area contributed by atoms with Crippen molar-refractivity contribution in [3.8, 4) is 0 Å². The topological polar surface area (TPSA) is 49.4 Å². The lowest BCUT2D eigenvalue weighted by Gasteiger charge is -2.32. The van der Waals surface area contributed by atoms with Gasteiger partial charge in [0, 0.05) is 19.2 Å². The maximum Gasteiger partial charge on any atom is 0.471 e. The van der Waals surface area contributed by atoms with Gasteiger partial charge in [-0.15, -0.1) is 0 Å². The molecule has 1 heterocycles. The number of carbonyl (C=O) groups is 2. The van der Waals surface area contributed by atoms with E-state index in [9.17, 15) is 31.5 Å². The summed E-state index contributed by atoms with van der Waals surface area (Å²) < 4.78 is 63.5. The average molecular weight is 336 g/mol. The monoisotopic (exact) mass is 336 g/mol. The Morgan fingerprint density at radius 2 is 1.91 bits per heavy atom. The minimum Gasteiger partial charge on any atom is -0.334 e. The van der Waals surface area contributed by atoms with Gasteiger partial charge in [0.2, 0.25) is 5.91 Å². The number of piperidine rings is 1. The highest BCUT2D eigenvalue weighted by molar-refractivity contribution is 5.93.